The highest BCUT2D eigenvalue weighted by Crippen LogP contribution is 2.29. The summed E-state index contributed by atoms with van der Waals surface area (Å²) in [7, 11) is 0. The lowest BCUT2D eigenvalue weighted by Crippen LogP contribution is -2.00. The van der Waals surface area contributed by atoms with Crippen LogP contribution in [0.25, 0.3) is 16.6 Å². The number of aromatic nitrogens is 5. The van der Waals surface area contributed by atoms with E-state index in [1.807, 2.05) is 0 Å². The van der Waals surface area contributed by atoms with Crippen molar-refractivity contribution in [3.8, 4) is 5.69 Å². The third-order valence-corrected chi connectivity index (χ3v) is 4.11. The quantitative estimate of drug-likeness (QED) is 0.557. The highest BCUT2D eigenvalue weighted by molar-refractivity contribution is 6.32. The van der Waals surface area contributed by atoms with Gasteiger partial charge in [-0.25, -0.2) is 28.4 Å². The van der Waals surface area contributed by atoms with Crippen LogP contribution in [-0.2, 0) is 6.61 Å². The molecule has 4 rings (SSSR count). The lowest BCUT2D eigenvalue weighted by atomic mass is 10.3. The lowest BCUT2D eigenvalue weighted by molar-refractivity contribution is 0.276. The minimum absolute atomic E-state index is 0.00493. The van der Waals surface area contributed by atoms with E-state index in [2.05, 4.69) is 25.4 Å². The number of halogens is 3. The number of fused-ring (bicyclic) bond motifs is 1. The molecule has 4 aromatic rings. The van der Waals surface area contributed by atoms with Crippen molar-refractivity contribution in [1.82, 2.24) is 24.7 Å². The third-order valence-electron chi connectivity index (χ3n) is 3.80. The maximum Gasteiger partial charge on any atom is 0.169 e. The summed E-state index contributed by atoms with van der Waals surface area (Å²) in [5, 5.41) is 16.6. The number of pyridine rings is 1. The van der Waals surface area contributed by atoms with Gasteiger partial charge in [0.1, 0.15) is 35.0 Å². The summed E-state index contributed by atoms with van der Waals surface area (Å²) in [5.74, 6) is -0.652. The Hall–Kier alpha value is -3.17. The fourth-order valence-electron chi connectivity index (χ4n) is 2.57. The van der Waals surface area contributed by atoms with E-state index in [-0.39, 0.29) is 28.7 Å². The number of aliphatic hydroxyl groups is 1. The molecule has 0 unspecified atom stereocenters. The Balaban J connectivity index is 1.83. The van der Waals surface area contributed by atoms with Crippen molar-refractivity contribution in [3.05, 3.63) is 65.3 Å². The number of rotatable bonds is 4. The molecule has 0 radical (unpaired) electrons. The molecular formula is C17H11ClF2N6O. The van der Waals surface area contributed by atoms with Crippen molar-refractivity contribution in [2.24, 2.45) is 0 Å². The topological polar surface area (TPSA) is 88.8 Å². The van der Waals surface area contributed by atoms with Crippen molar-refractivity contribution in [1.29, 1.82) is 0 Å². The molecule has 0 aliphatic heterocycles. The first kappa shape index (κ1) is 17.3. The molecule has 0 aliphatic carbocycles. The zero-order valence-electron chi connectivity index (χ0n) is 13.6. The van der Waals surface area contributed by atoms with Gasteiger partial charge in [0.15, 0.2) is 5.82 Å². The first-order valence-electron chi connectivity index (χ1n) is 7.74. The second-order valence-electron chi connectivity index (χ2n) is 5.54. The van der Waals surface area contributed by atoms with Gasteiger partial charge in [0.2, 0.25) is 0 Å². The number of nitrogens with one attached hydrogen (secondary N) is 1. The number of hydrogen-bond acceptors (Lipinski definition) is 6. The second-order valence-corrected chi connectivity index (χ2v) is 5.95. The Morgan fingerprint density at radius 2 is 2.00 bits per heavy atom. The third kappa shape index (κ3) is 3.18. The van der Waals surface area contributed by atoms with Crippen molar-refractivity contribution in [2.75, 3.05) is 5.32 Å². The molecule has 3 aromatic heterocycles. The first-order valence-corrected chi connectivity index (χ1v) is 8.11. The summed E-state index contributed by atoms with van der Waals surface area (Å²) in [6, 6.07) is 5.73. The molecule has 0 saturated heterocycles. The number of para-hydroxylation sites is 1. The second kappa shape index (κ2) is 6.86. The number of aliphatic hydroxyl groups excluding tert-OH is 1. The van der Waals surface area contributed by atoms with E-state index in [1.54, 1.807) is 0 Å². The van der Waals surface area contributed by atoms with E-state index < -0.39 is 11.6 Å². The van der Waals surface area contributed by atoms with Gasteiger partial charge in [0.05, 0.1) is 28.9 Å². The van der Waals surface area contributed by atoms with E-state index in [0.717, 1.165) is 10.9 Å². The Labute approximate surface area is 156 Å². The normalized spacial score (nSPS) is 11.1. The predicted molar refractivity (Wildman–Crippen MR) is 95.0 cm³/mol. The van der Waals surface area contributed by atoms with Crippen LogP contribution in [0, 0.1) is 11.6 Å². The summed E-state index contributed by atoms with van der Waals surface area (Å²) < 4.78 is 29.6. The molecular weight excluding hydrogens is 378 g/mol. The van der Waals surface area contributed by atoms with Gasteiger partial charge >= 0.3 is 0 Å². The van der Waals surface area contributed by atoms with Crippen molar-refractivity contribution in [2.45, 2.75) is 6.61 Å². The van der Waals surface area contributed by atoms with Crippen molar-refractivity contribution < 1.29 is 13.9 Å². The van der Waals surface area contributed by atoms with Crippen LogP contribution in [0.3, 0.4) is 0 Å². The molecule has 3 heterocycles. The van der Waals surface area contributed by atoms with Gasteiger partial charge in [-0.1, -0.05) is 17.7 Å². The van der Waals surface area contributed by atoms with Gasteiger partial charge in [-0.2, -0.15) is 5.10 Å². The zero-order valence-corrected chi connectivity index (χ0v) is 14.3. The van der Waals surface area contributed by atoms with E-state index in [4.69, 9.17) is 11.6 Å². The van der Waals surface area contributed by atoms with E-state index in [1.165, 1.54) is 36.8 Å². The highest BCUT2D eigenvalue weighted by Gasteiger charge is 2.17. The summed E-state index contributed by atoms with van der Waals surface area (Å²) in [6.07, 6.45) is 3.70. The highest BCUT2D eigenvalue weighted by atomic mass is 35.5. The SMILES string of the molecule is OCc1cc(Nc2ncc(F)c3nn(-c4c(F)cccc4Cl)cc23)ncn1. The van der Waals surface area contributed by atoms with Crippen LogP contribution in [0.4, 0.5) is 20.4 Å². The number of anilines is 2. The van der Waals surface area contributed by atoms with Gasteiger partial charge in [0.25, 0.3) is 0 Å². The molecule has 0 amide bonds. The van der Waals surface area contributed by atoms with Crippen LogP contribution >= 0.6 is 11.6 Å². The zero-order chi connectivity index (χ0) is 19.0. The molecule has 1 aromatic carbocycles. The average Bonchev–Trinajstić information content (AvgIpc) is 3.10. The van der Waals surface area contributed by atoms with Crippen LogP contribution in [-0.4, -0.2) is 29.8 Å². The summed E-state index contributed by atoms with van der Waals surface area (Å²) in [6.45, 7) is -0.257. The molecule has 10 heteroatoms. The van der Waals surface area contributed by atoms with Crippen LogP contribution in [0.5, 0.6) is 0 Å². The summed E-state index contributed by atoms with van der Waals surface area (Å²) >= 11 is 6.07. The minimum Gasteiger partial charge on any atom is -0.390 e. The largest absolute Gasteiger partial charge is 0.390 e. The Bertz CT molecular complexity index is 1130. The monoisotopic (exact) mass is 388 g/mol. The maximum atomic E-state index is 14.2. The molecule has 2 N–H and O–H groups in total. The smallest absolute Gasteiger partial charge is 0.169 e. The molecule has 0 spiro atoms. The molecule has 0 bridgehead atoms. The lowest BCUT2D eigenvalue weighted by Gasteiger charge is -2.06. The molecule has 0 fully saturated rings. The van der Waals surface area contributed by atoms with Gasteiger partial charge in [-0.15, -0.1) is 0 Å². The molecule has 136 valence electrons. The molecule has 0 atom stereocenters. The first-order chi connectivity index (χ1) is 13.1. The molecule has 0 saturated carbocycles. The molecule has 0 aliphatic rings. The van der Waals surface area contributed by atoms with Crippen molar-refractivity contribution >= 4 is 34.1 Å². The molecule has 27 heavy (non-hydrogen) atoms. The van der Waals surface area contributed by atoms with Crippen LogP contribution in [0.1, 0.15) is 5.69 Å². The van der Waals surface area contributed by atoms with Gasteiger partial charge in [-0.3, -0.25) is 0 Å². The van der Waals surface area contributed by atoms with E-state index >= 15 is 0 Å². The Morgan fingerprint density at radius 3 is 2.78 bits per heavy atom. The number of hydrogen-bond donors (Lipinski definition) is 2. The Kier molecular flexibility index (Phi) is 4.38. The van der Waals surface area contributed by atoms with Gasteiger partial charge in [-0.05, 0) is 12.1 Å². The van der Waals surface area contributed by atoms with Crippen molar-refractivity contribution in [3.63, 3.8) is 0 Å². The van der Waals surface area contributed by atoms with Gasteiger partial charge < -0.3 is 10.4 Å². The average molecular weight is 389 g/mol. The van der Waals surface area contributed by atoms with Crippen LogP contribution in [0.15, 0.2) is 43.0 Å². The minimum atomic E-state index is -0.666. The van der Waals surface area contributed by atoms with Crippen LogP contribution in [0.2, 0.25) is 5.02 Å². The molecule has 7 nitrogen and oxygen atoms in total. The van der Waals surface area contributed by atoms with E-state index in [0.29, 0.717) is 16.9 Å². The fraction of sp³-hybridized carbons (Fsp3) is 0.0588. The maximum absolute atomic E-state index is 14.2. The standard InChI is InChI=1S/C17H11ClF2N6O/c18-11-2-1-3-12(19)16(11)26-6-10-15(25-26)13(20)5-21-17(10)24-14-4-9(7-27)22-8-23-14/h1-6,8,27H,7H2,(H,21,22,23,24). The number of benzene rings is 1. The Morgan fingerprint density at radius 1 is 1.15 bits per heavy atom. The van der Waals surface area contributed by atoms with Crippen LogP contribution < -0.4 is 5.32 Å². The van der Waals surface area contributed by atoms with Gasteiger partial charge in [0, 0.05) is 12.3 Å². The number of nitrogens with zero attached hydrogens (tertiary/aromatic N) is 5. The summed E-state index contributed by atoms with van der Waals surface area (Å²) in [5.41, 5.74) is 0.397. The predicted octanol–water partition coefficient (Wildman–Crippen LogP) is 3.38. The summed E-state index contributed by atoms with van der Waals surface area (Å²) in [4.78, 5) is 11.9. The van der Waals surface area contributed by atoms with E-state index in [9.17, 15) is 13.9 Å². The fourth-order valence-corrected chi connectivity index (χ4v) is 2.82.